The molecule has 3 aromatic rings. The lowest BCUT2D eigenvalue weighted by atomic mass is 10.1. The van der Waals surface area contributed by atoms with Gasteiger partial charge < -0.3 is 9.15 Å². The molecule has 2 heterocycles. The highest BCUT2D eigenvalue weighted by Crippen LogP contribution is 2.21. The fraction of sp³-hybridized carbons (Fsp3) is 0.160. The number of hydrazine groups is 1. The van der Waals surface area contributed by atoms with Gasteiger partial charge in [-0.1, -0.05) is 11.6 Å². The lowest BCUT2D eigenvalue weighted by Gasteiger charge is -2.35. The van der Waals surface area contributed by atoms with Crippen LogP contribution in [0.4, 0.5) is 0 Å². The van der Waals surface area contributed by atoms with Crippen molar-refractivity contribution in [3.8, 4) is 5.75 Å². The number of carbonyl (C=O) groups excluding carboxylic acids is 5. The summed E-state index contributed by atoms with van der Waals surface area (Å²) in [6, 6.07) is 14.5. The summed E-state index contributed by atoms with van der Waals surface area (Å²) in [5.41, 5.74) is 0.349. The highest BCUT2D eigenvalue weighted by molar-refractivity contribution is 6.30. The third-order valence-electron chi connectivity index (χ3n) is 5.22. The molecule has 3 amide bonds. The number of carbonyl (C=O) groups is 5. The molecule has 0 spiro atoms. The van der Waals surface area contributed by atoms with Crippen LogP contribution < -0.4 is 4.74 Å². The highest BCUT2D eigenvalue weighted by Gasteiger charge is 2.36. The number of imide groups is 1. The Morgan fingerprint density at radius 2 is 1.54 bits per heavy atom. The van der Waals surface area contributed by atoms with Crippen LogP contribution in [-0.2, 0) is 9.59 Å². The highest BCUT2D eigenvalue weighted by atomic mass is 35.5. The van der Waals surface area contributed by atoms with E-state index in [2.05, 4.69) is 0 Å². The molecule has 0 saturated carbocycles. The number of hydrogen-bond donors (Lipinski definition) is 0. The van der Waals surface area contributed by atoms with E-state index in [4.69, 9.17) is 20.8 Å². The molecule has 0 bridgehead atoms. The van der Waals surface area contributed by atoms with Crippen molar-refractivity contribution in [3.63, 3.8) is 0 Å². The molecule has 0 atom stereocenters. The number of ether oxygens (including phenoxy) is 1. The molecular weight excluding hydrogens is 476 g/mol. The summed E-state index contributed by atoms with van der Waals surface area (Å²) in [7, 11) is 0. The van der Waals surface area contributed by atoms with E-state index in [9.17, 15) is 24.0 Å². The van der Waals surface area contributed by atoms with Gasteiger partial charge in [0.2, 0.25) is 17.6 Å². The number of halogens is 1. The van der Waals surface area contributed by atoms with Crippen LogP contribution in [0.1, 0.15) is 50.5 Å². The number of ketones is 1. The van der Waals surface area contributed by atoms with Crippen LogP contribution in [0.2, 0.25) is 5.02 Å². The summed E-state index contributed by atoms with van der Waals surface area (Å²) >= 11 is 5.89. The van der Waals surface area contributed by atoms with Crippen molar-refractivity contribution in [3.05, 3.63) is 88.8 Å². The molecule has 0 aliphatic carbocycles. The van der Waals surface area contributed by atoms with Crippen molar-refractivity contribution in [2.45, 2.75) is 19.3 Å². The zero-order chi connectivity index (χ0) is 24.9. The first kappa shape index (κ1) is 23.9. The number of furan rings is 1. The predicted molar refractivity (Wildman–Crippen MR) is 123 cm³/mol. The minimum atomic E-state index is -0.698. The molecule has 0 unspecified atom stereocenters. The third kappa shape index (κ3) is 5.47. The molecule has 1 aliphatic heterocycles. The number of esters is 1. The van der Waals surface area contributed by atoms with Crippen LogP contribution in [0, 0.1) is 0 Å². The van der Waals surface area contributed by atoms with Crippen molar-refractivity contribution in [2.75, 3.05) is 6.54 Å². The zero-order valence-electron chi connectivity index (χ0n) is 18.3. The summed E-state index contributed by atoms with van der Waals surface area (Å²) in [6.45, 7) is -0.551. The average Bonchev–Trinajstić information content (AvgIpc) is 3.39. The van der Waals surface area contributed by atoms with E-state index in [1.54, 1.807) is 6.07 Å². The van der Waals surface area contributed by atoms with Gasteiger partial charge in [-0.05, 0) is 67.1 Å². The summed E-state index contributed by atoms with van der Waals surface area (Å²) in [5.74, 6) is -2.83. The fourth-order valence-electron chi connectivity index (χ4n) is 3.47. The van der Waals surface area contributed by atoms with Crippen LogP contribution in [0.5, 0.6) is 5.75 Å². The van der Waals surface area contributed by atoms with Gasteiger partial charge in [-0.15, -0.1) is 0 Å². The molecule has 0 radical (unpaired) electrons. The topological polar surface area (TPSA) is 114 Å². The van der Waals surface area contributed by atoms with Gasteiger partial charge in [0.25, 0.3) is 5.91 Å². The first-order valence-electron chi connectivity index (χ1n) is 10.7. The monoisotopic (exact) mass is 494 g/mol. The van der Waals surface area contributed by atoms with Gasteiger partial charge in [0.15, 0.2) is 5.78 Å². The molecule has 1 saturated heterocycles. The van der Waals surface area contributed by atoms with E-state index in [1.165, 1.54) is 60.9 Å². The Hall–Kier alpha value is -4.24. The van der Waals surface area contributed by atoms with Gasteiger partial charge in [0.1, 0.15) is 12.3 Å². The molecule has 9 nitrogen and oxygen atoms in total. The minimum Gasteiger partial charge on any atom is -0.457 e. The third-order valence-corrected chi connectivity index (χ3v) is 5.48. The van der Waals surface area contributed by atoms with Gasteiger partial charge in [-0.3, -0.25) is 19.2 Å². The second-order valence-electron chi connectivity index (χ2n) is 7.64. The molecule has 1 aliphatic rings. The number of piperidine rings is 1. The molecule has 10 heteroatoms. The number of rotatable bonds is 7. The summed E-state index contributed by atoms with van der Waals surface area (Å²) in [6.07, 6.45) is 1.89. The van der Waals surface area contributed by atoms with Crippen molar-refractivity contribution < 1.29 is 33.1 Å². The van der Waals surface area contributed by atoms with Crippen LogP contribution in [-0.4, -0.2) is 46.0 Å². The first-order valence-corrected chi connectivity index (χ1v) is 11.0. The van der Waals surface area contributed by atoms with E-state index in [1.807, 2.05) is 0 Å². The second kappa shape index (κ2) is 10.4. The van der Waals surface area contributed by atoms with E-state index in [-0.39, 0.29) is 35.5 Å². The lowest BCUT2D eigenvalue weighted by molar-refractivity contribution is -0.162. The summed E-state index contributed by atoms with van der Waals surface area (Å²) < 4.78 is 10.2. The van der Waals surface area contributed by atoms with Crippen LogP contribution >= 0.6 is 11.6 Å². The summed E-state index contributed by atoms with van der Waals surface area (Å²) in [4.78, 5) is 63.3. The molecule has 178 valence electrons. The number of hydrogen-bond acceptors (Lipinski definition) is 7. The number of amides is 3. The van der Waals surface area contributed by atoms with Gasteiger partial charge >= 0.3 is 5.97 Å². The molecule has 4 rings (SSSR count). The predicted octanol–water partition coefficient (Wildman–Crippen LogP) is 3.93. The normalized spacial score (nSPS) is 13.5. The van der Waals surface area contributed by atoms with E-state index in [0.717, 1.165) is 10.0 Å². The summed E-state index contributed by atoms with van der Waals surface area (Å²) in [5, 5.41) is 2.01. The van der Waals surface area contributed by atoms with Crippen molar-refractivity contribution in [1.82, 2.24) is 10.0 Å². The molecular formula is C25H19ClN2O7. The quantitative estimate of drug-likeness (QED) is 0.211. The molecule has 1 fully saturated rings. The van der Waals surface area contributed by atoms with Gasteiger partial charge in [0.05, 0.1) is 6.26 Å². The number of benzene rings is 2. The van der Waals surface area contributed by atoms with Gasteiger partial charge in [-0.25, -0.2) is 9.80 Å². The largest absolute Gasteiger partial charge is 0.457 e. The minimum absolute atomic E-state index is 0.0253. The van der Waals surface area contributed by atoms with Crippen molar-refractivity contribution in [2.24, 2.45) is 0 Å². The van der Waals surface area contributed by atoms with Crippen LogP contribution in [0.3, 0.4) is 0 Å². The molecule has 1 aromatic heterocycles. The number of Topliss-reactive ketones (excluding diaryl/α,β-unsaturated/α-hetero) is 1. The Kier molecular flexibility index (Phi) is 7.07. The van der Waals surface area contributed by atoms with Crippen molar-refractivity contribution in [1.29, 1.82) is 0 Å². The Balaban J connectivity index is 1.54. The van der Waals surface area contributed by atoms with Gasteiger partial charge in [-0.2, -0.15) is 5.01 Å². The van der Waals surface area contributed by atoms with E-state index >= 15 is 0 Å². The lowest BCUT2D eigenvalue weighted by Crippen LogP contribution is -2.56. The molecule has 2 aromatic carbocycles. The average molecular weight is 495 g/mol. The number of nitrogens with zero attached hydrogens (tertiary/aromatic N) is 2. The van der Waals surface area contributed by atoms with E-state index in [0.29, 0.717) is 11.4 Å². The van der Waals surface area contributed by atoms with E-state index < -0.39 is 36.0 Å². The second-order valence-corrected chi connectivity index (χ2v) is 8.07. The fourth-order valence-corrected chi connectivity index (χ4v) is 3.60. The van der Waals surface area contributed by atoms with Crippen molar-refractivity contribution >= 4 is 41.1 Å². The smallest absolute Gasteiger partial charge is 0.379 e. The SMILES string of the molecule is O=C(CN(C(=O)c1ccc(Cl)cc1)N1C(=O)CCCC1=O)c1ccc(OC(=O)c2ccco2)cc1. The Labute approximate surface area is 204 Å². The maximum atomic E-state index is 13.2. The maximum absolute atomic E-state index is 13.2. The van der Waals surface area contributed by atoms with Gasteiger partial charge in [0, 0.05) is 29.0 Å². The first-order chi connectivity index (χ1) is 16.8. The zero-order valence-corrected chi connectivity index (χ0v) is 19.1. The molecule has 35 heavy (non-hydrogen) atoms. The Morgan fingerprint density at radius 3 is 2.14 bits per heavy atom. The maximum Gasteiger partial charge on any atom is 0.379 e. The van der Waals surface area contributed by atoms with Crippen LogP contribution in [0.25, 0.3) is 0 Å². The Morgan fingerprint density at radius 1 is 0.914 bits per heavy atom. The Bertz CT molecular complexity index is 1250. The molecule has 0 N–H and O–H groups in total. The van der Waals surface area contributed by atoms with Crippen LogP contribution in [0.15, 0.2) is 71.3 Å². The standard InChI is InChI=1S/C25H19ClN2O7/c26-18-10-6-17(7-11-18)24(32)27(28-22(30)4-1-5-23(28)31)15-20(29)16-8-12-19(13-9-16)35-25(33)21-3-2-14-34-21/h2-3,6-14H,1,4-5,15H2.